The zero-order chi connectivity index (χ0) is 13.0. The van der Waals surface area contributed by atoms with E-state index in [0.717, 1.165) is 36.8 Å². The van der Waals surface area contributed by atoms with E-state index in [4.69, 9.17) is 5.73 Å². The Morgan fingerprint density at radius 1 is 1.28 bits per heavy atom. The maximum Gasteiger partial charge on any atom is 0.233 e. The minimum absolute atomic E-state index is 0.205. The predicted octanol–water partition coefficient (Wildman–Crippen LogP) is 1.13. The number of thioether (sulfide) groups is 1. The lowest BCUT2D eigenvalue weighted by atomic mass is 10.3. The van der Waals surface area contributed by atoms with Crippen LogP contribution in [-0.4, -0.2) is 54.7 Å². The van der Waals surface area contributed by atoms with Gasteiger partial charge in [0.1, 0.15) is 0 Å². The lowest BCUT2D eigenvalue weighted by Crippen LogP contribution is -2.47. The van der Waals surface area contributed by atoms with Gasteiger partial charge in [-0.05, 0) is 19.2 Å². The number of nitrogens with zero attached hydrogens (tertiary/aromatic N) is 2. The molecule has 1 amide bonds. The van der Waals surface area contributed by atoms with Crippen LogP contribution in [0.25, 0.3) is 0 Å². The summed E-state index contributed by atoms with van der Waals surface area (Å²) in [6.45, 7) is 3.59. The molecule has 18 heavy (non-hydrogen) atoms. The lowest BCUT2D eigenvalue weighted by molar-refractivity contribution is -0.129. The summed E-state index contributed by atoms with van der Waals surface area (Å²) >= 11 is 1.52. The van der Waals surface area contributed by atoms with Crippen LogP contribution >= 0.6 is 11.8 Å². The molecule has 4 nitrogen and oxygen atoms in total. The second-order valence-corrected chi connectivity index (χ2v) is 5.53. The number of para-hydroxylation sites is 1. The Morgan fingerprint density at radius 3 is 2.61 bits per heavy atom. The summed E-state index contributed by atoms with van der Waals surface area (Å²) in [4.78, 5) is 17.2. The lowest BCUT2D eigenvalue weighted by Gasteiger charge is -2.32. The monoisotopic (exact) mass is 265 g/mol. The van der Waals surface area contributed by atoms with Gasteiger partial charge in [0, 0.05) is 36.8 Å². The summed E-state index contributed by atoms with van der Waals surface area (Å²) in [6, 6.07) is 7.67. The van der Waals surface area contributed by atoms with Crippen LogP contribution in [0, 0.1) is 0 Å². The van der Waals surface area contributed by atoms with Gasteiger partial charge in [0.25, 0.3) is 0 Å². The van der Waals surface area contributed by atoms with Crippen molar-refractivity contribution in [1.82, 2.24) is 9.80 Å². The van der Waals surface area contributed by atoms with Gasteiger partial charge >= 0.3 is 0 Å². The standard InChI is InChI=1S/C13H19N3OS/c1-15-6-8-16(9-7-15)13(17)10-18-12-5-3-2-4-11(12)14/h2-5H,6-10,14H2,1H3. The molecule has 0 atom stereocenters. The smallest absolute Gasteiger partial charge is 0.233 e. The summed E-state index contributed by atoms with van der Waals surface area (Å²) in [7, 11) is 2.08. The second kappa shape index (κ2) is 6.11. The van der Waals surface area contributed by atoms with E-state index in [1.165, 1.54) is 11.8 Å². The minimum atomic E-state index is 0.205. The third-order valence-corrected chi connectivity index (χ3v) is 4.20. The summed E-state index contributed by atoms with van der Waals surface area (Å²) in [5.41, 5.74) is 6.60. The minimum Gasteiger partial charge on any atom is -0.398 e. The highest BCUT2D eigenvalue weighted by Gasteiger charge is 2.18. The fourth-order valence-electron chi connectivity index (χ4n) is 1.90. The summed E-state index contributed by atoms with van der Waals surface area (Å²) in [5, 5.41) is 0. The number of nitrogens with two attached hydrogens (primary N) is 1. The molecule has 98 valence electrons. The van der Waals surface area contributed by atoms with E-state index in [0.29, 0.717) is 5.75 Å². The van der Waals surface area contributed by atoms with E-state index in [1.54, 1.807) is 0 Å². The Labute approximate surface area is 112 Å². The Kier molecular flexibility index (Phi) is 4.49. The number of benzene rings is 1. The van der Waals surface area contributed by atoms with E-state index in [-0.39, 0.29) is 5.91 Å². The molecule has 0 aromatic heterocycles. The topological polar surface area (TPSA) is 49.6 Å². The van der Waals surface area contributed by atoms with E-state index in [9.17, 15) is 4.79 Å². The molecular formula is C13H19N3OS. The Morgan fingerprint density at radius 2 is 1.94 bits per heavy atom. The van der Waals surface area contributed by atoms with Crippen molar-refractivity contribution in [2.75, 3.05) is 44.7 Å². The first-order valence-corrected chi connectivity index (χ1v) is 7.09. The van der Waals surface area contributed by atoms with Gasteiger partial charge in [-0.3, -0.25) is 4.79 Å². The van der Waals surface area contributed by atoms with Crippen molar-refractivity contribution in [1.29, 1.82) is 0 Å². The number of hydrogen-bond donors (Lipinski definition) is 1. The van der Waals surface area contributed by atoms with E-state index < -0.39 is 0 Å². The molecular weight excluding hydrogens is 246 g/mol. The van der Waals surface area contributed by atoms with Crippen LogP contribution in [-0.2, 0) is 4.79 Å². The van der Waals surface area contributed by atoms with Gasteiger partial charge in [0.15, 0.2) is 0 Å². The van der Waals surface area contributed by atoms with E-state index in [2.05, 4.69) is 11.9 Å². The SMILES string of the molecule is CN1CCN(C(=O)CSc2ccccc2N)CC1. The molecule has 2 rings (SSSR count). The van der Waals surface area contributed by atoms with Crippen molar-refractivity contribution in [3.8, 4) is 0 Å². The van der Waals surface area contributed by atoms with Gasteiger partial charge in [-0.25, -0.2) is 0 Å². The average Bonchev–Trinajstić information content (AvgIpc) is 2.38. The van der Waals surface area contributed by atoms with Gasteiger partial charge in [0.2, 0.25) is 5.91 Å². The van der Waals surface area contributed by atoms with Gasteiger partial charge in [-0.2, -0.15) is 0 Å². The number of rotatable bonds is 3. The van der Waals surface area contributed by atoms with Gasteiger partial charge in [-0.1, -0.05) is 12.1 Å². The van der Waals surface area contributed by atoms with Crippen molar-refractivity contribution < 1.29 is 4.79 Å². The van der Waals surface area contributed by atoms with Gasteiger partial charge in [-0.15, -0.1) is 11.8 Å². The first-order chi connectivity index (χ1) is 8.66. The van der Waals surface area contributed by atoms with Crippen molar-refractivity contribution >= 4 is 23.4 Å². The molecule has 0 bridgehead atoms. The maximum atomic E-state index is 12.0. The third-order valence-electron chi connectivity index (χ3n) is 3.13. The number of amides is 1. The molecule has 1 aromatic carbocycles. The van der Waals surface area contributed by atoms with Crippen molar-refractivity contribution in [3.05, 3.63) is 24.3 Å². The molecule has 0 aliphatic carbocycles. The largest absolute Gasteiger partial charge is 0.398 e. The Bertz CT molecular complexity index is 416. The number of hydrogen-bond acceptors (Lipinski definition) is 4. The normalized spacial score (nSPS) is 16.8. The van der Waals surface area contributed by atoms with Crippen LogP contribution < -0.4 is 5.73 Å². The van der Waals surface area contributed by atoms with Gasteiger partial charge < -0.3 is 15.5 Å². The van der Waals surface area contributed by atoms with Gasteiger partial charge in [0.05, 0.1) is 5.75 Å². The summed E-state index contributed by atoms with van der Waals surface area (Å²) in [6.07, 6.45) is 0. The number of carbonyl (C=O) groups is 1. The van der Waals surface area contributed by atoms with E-state index >= 15 is 0 Å². The fourth-order valence-corrected chi connectivity index (χ4v) is 2.77. The number of likely N-dealkylation sites (N-methyl/N-ethyl adjacent to an activating group) is 1. The molecule has 1 aliphatic heterocycles. The van der Waals surface area contributed by atoms with Crippen LogP contribution in [0.2, 0.25) is 0 Å². The number of carbonyl (C=O) groups excluding carboxylic acids is 1. The Hall–Kier alpha value is -1.20. The molecule has 5 heteroatoms. The molecule has 2 N–H and O–H groups in total. The van der Waals surface area contributed by atoms with Crippen molar-refractivity contribution in [2.45, 2.75) is 4.90 Å². The number of anilines is 1. The van der Waals surface area contributed by atoms with Crippen LogP contribution in [0.1, 0.15) is 0 Å². The number of nitrogen functional groups attached to an aromatic ring is 1. The highest BCUT2D eigenvalue weighted by molar-refractivity contribution is 8.00. The zero-order valence-electron chi connectivity index (χ0n) is 10.6. The first-order valence-electron chi connectivity index (χ1n) is 6.10. The number of piperazine rings is 1. The van der Waals surface area contributed by atoms with Crippen LogP contribution in [0.4, 0.5) is 5.69 Å². The zero-order valence-corrected chi connectivity index (χ0v) is 11.4. The van der Waals surface area contributed by atoms with Crippen LogP contribution in [0.15, 0.2) is 29.2 Å². The highest BCUT2D eigenvalue weighted by Crippen LogP contribution is 2.24. The average molecular weight is 265 g/mol. The molecule has 0 unspecified atom stereocenters. The maximum absolute atomic E-state index is 12.0. The molecule has 1 aliphatic rings. The molecule has 0 radical (unpaired) electrons. The van der Waals surface area contributed by atoms with Crippen molar-refractivity contribution in [2.24, 2.45) is 0 Å². The van der Waals surface area contributed by atoms with E-state index in [1.807, 2.05) is 29.2 Å². The second-order valence-electron chi connectivity index (χ2n) is 4.51. The fraction of sp³-hybridized carbons (Fsp3) is 0.462. The molecule has 1 saturated heterocycles. The highest BCUT2D eigenvalue weighted by atomic mass is 32.2. The summed E-state index contributed by atoms with van der Waals surface area (Å²) < 4.78 is 0. The van der Waals surface area contributed by atoms with Crippen molar-refractivity contribution in [3.63, 3.8) is 0 Å². The first kappa shape index (κ1) is 13.2. The quantitative estimate of drug-likeness (QED) is 0.657. The molecule has 0 saturated carbocycles. The predicted molar refractivity (Wildman–Crippen MR) is 75.7 cm³/mol. The molecule has 1 heterocycles. The summed E-state index contributed by atoms with van der Waals surface area (Å²) in [5.74, 6) is 0.675. The molecule has 1 fully saturated rings. The van der Waals surface area contributed by atoms with Crippen LogP contribution in [0.5, 0.6) is 0 Å². The molecule has 1 aromatic rings. The Balaban J connectivity index is 1.83. The molecule has 0 spiro atoms. The third kappa shape index (κ3) is 3.40. The van der Waals surface area contributed by atoms with Crippen LogP contribution in [0.3, 0.4) is 0 Å².